The Morgan fingerprint density at radius 2 is 1.52 bits per heavy atom. The lowest BCUT2D eigenvalue weighted by atomic mass is 9.97. The fraction of sp³-hybridized carbons (Fsp3) is 0.160. The molecule has 4 aromatic rings. The molecule has 3 aromatic carbocycles. The first-order valence-corrected chi connectivity index (χ1v) is 11.4. The van der Waals surface area contributed by atoms with Crippen molar-refractivity contribution in [1.29, 1.82) is 0 Å². The average Bonchev–Trinajstić information content (AvgIpc) is 2.79. The molecule has 0 saturated carbocycles. The van der Waals surface area contributed by atoms with Crippen LogP contribution in [0.5, 0.6) is 5.75 Å². The number of hydrogen-bond donors (Lipinski definition) is 0. The maximum atomic E-state index is 13.4. The van der Waals surface area contributed by atoms with Crippen molar-refractivity contribution < 1.29 is 13.2 Å². The van der Waals surface area contributed by atoms with E-state index in [0.29, 0.717) is 5.82 Å². The number of anilines is 1. The van der Waals surface area contributed by atoms with Gasteiger partial charge in [0, 0.05) is 18.0 Å². The van der Waals surface area contributed by atoms with E-state index in [-0.39, 0.29) is 4.90 Å². The molecule has 0 amide bonds. The summed E-state index contributed by atoms with van der Waals surface area (Å²) < 4.78 is 33.4. The van der Waals surface area contributed by atoms with Crippen molar-refractivity contribution in [1.82, 2.24) is 4.98 Å². The van der Waals surface area contributed by atoms with Crippen LogP contribution in [0.3, 0.4) is 0 Å². The summed E-state index contributed by atoms with van der Waals surface area (Å²) in [5.41, 5.74) is 4.37. The molecule has 0 bridgehead atoms. The number of benzene rings is 3. The van der Waals surface area contributed by atoms with Gasteiger partial charge in [0.25, 0.3) is 10.0 Å². The number of aromatic nitrogens is 1. The molecular formula is C25H24N2O3S. The zero-order valence-electron chi connectivity index (χ0n) is 18.0. The minimum Gasteiger partial charge on any atom is -0.497 e. The summed E-state index contributed by atoms with van der Waals surface area (Å²) in [4.78, 5) is 5.01. The van der Waals surface area contributed by atoms with Gasteiger partial charge in [0.2, 0.25) is 0 Å². The van der Waals surface area contributed by atoms with Gasteiger partial charge in [0.1, 0.15) is 5.75 Å². The highest BCUT2D eigenvalue weighted by Crippen LogP contribution is 2.38. The van der Waals surface area contributed by atoms with Crippen LogP contribution in [0.25, 0.3) is 22.0 Å². The number of rotatable bonds is 5. The third kappa shape index (κ3) is 3.75. The number of fused-ring (bicyclic) bond motifs is 1. The van der Waals surface area contributed by atoms with Crippen LogP contribution in [0.1, 0.15) is 11.1 Å². The summed E-state index contributed by atoms with van der Waals surface area (Å²) in [6.07, 6.45) is 0. The molecule has 31 heavy (non-hydrogen) atoms. The molecule has 0 aliphatic carbocycles. The summed E-state index contributed by atoms with van der Waals surface area (Å²) in [5, 5.41) is 0.984. The van der Waals surface area contributed by atoms with Crippen molar-refractivity contribution in [3.8, 4) is 16.9 Å². The van der Waals surface area contributed by atoms with Gasteiger partial charge in [0.15, 0.2) is 5.82 Å². The Kier molecular flexibility index (Phi) is 5.41. The molecule has 5 nitrogen and oxygen atoms in total. The van der Waals surface area contributed by atoms with E-state index in [2.05, 4.69) is 0 Å². The molecular weight excluding hydrogens is 408 g/mol. The zero-order chi connectivity index (χ0) is 22.2. The molecule has 1 aromatic heterocycles. The minimum atomic E-state index is -3.79. The van der Waals surface area contributed by atoms with Crippen molar-refractivity contribution in [2.24, 2.45) is 0 Å². The van der Waals surface area contributed by atoms with Gasteiger partial charge >= 0.3 is 0 Å². The third-order valence-electron chi connectivity index (χ3n) is 5.49. The van der Waals surface area contributed by atoms with Crippen LogP contribution in [0.2, 0.25) is 0 Å². The van der Waals surface area contributed by atoms with Gasteiger partial charge in [-0.3, -0.25) is 4.31 Å². The molecule has 1 heterocycles. The highest BCUT2D eigenvalue weighted by molar-refractivity contribution is 7.92. The Hall–Kier alpha value is -3.38. The van der Waals surface area contributed by atoms with Crippen LogP contribution in [0.4, 0.5) is 5.82 Å². The predicted octanol–water partition coefficient (Wildman–Crippen LogP) is 5.35. The molecule has 0 aliphatic rings. The van der Waals surface area contributed by atoms with Gasteiger partial charge in [-0.15, -0.1) is 0 Å². The van der Waals surface area contributed by atoms with Crippen molar-refractivity contribution in [2.45, 2.75) is 18.7 Å². The second-order valence-electron chi connectivity index (χ2n) is 7.47. The normalized spacial score (nSPS) is 11.5. The fourth-order valence-corrected chi connectivity index (χ4v) is 4.83. The van der Waals surface area contributed by atoms with Crippen LogP contribution in [0.15, 0.2) is 77.7 Å². The number of sulfonamides is 1. The number of pyridine rings is 1. The topological polar surface area (TPSA) is 59.5 Å². The van der Waals surface area contributed by atoms with E-state index in [9.17, 15) is 8.42 Å². The minimum absolute atomic E-state index is 0.230. The van der Waals surface area contributed by atoms with Crippen molar-refractivity contribution in [2.75, 3.05) is 18.5 Å². The van der Waals surface area contributed by atoms with Crippen LogP contribution < -0.4 is 9.04 Å². The van der Waals surface area contributed by atoms with Gasteiger partial charge < -0.3 is 4.74 Å². The fourth-order valence-electron chi connectivity index (χ4n) is 3.67. The number of nitrogens with zero attached hydrogens (tertiary/aromatic N) is 2. The highest BCUT2D eigenvalue weighted by atomic mass is 32.2. The largest absolute Gasteiger partial charge is 0.497 e. The molecule has 0 aliphatic heterocycles. The Morgan fingerprint density at radius 1 is 0.871 bits per heavy atom. The average molecular weight is 433 g/mol. The second-order valence-corrected chi connectivity index (χ2v) is 9.44. The first-order chi connectivity index (χ1) is 14.8. The zero-order valence-corrected chi connectivity index (χ0v) is 18.8. The summed E-state index contributed by atoms with van der Waals surface area (Å²) in [5.74, 6) is 1.12. The lowest BCUT2D eigenvalue weighted by Crippen LogP contribution is -2.28. The molecule has 158 valence electrons. The molecule has 4 rings (SSSR count). The molecule has 0 fully saturated rings. The first kappa shape index (κ1) is 20.9. The second kappa shape index (κ2) is 8.04. The van der Waals surface area contributed by atoms with Crippen LogP contribution >= 0.6 is 0 Å². The van der Waals surface area contributed by atoms with Crippen molar-refractivity contribution in [3.63, 3.8) is 0 Å². The number of aryl methyl sites for hydroxylation is 2. The molecule has 0 saturated heterocycles. The van der Waals surface area contributed by atoms with Crippen LogP contribution in [-0.2, 0) is 10.0 Å². The van der Waals surface area contributed by atoms with E-state index in [1.807, 2.05) is 62.4 Å². The number of ether oxygens (including phenoxy) is 1. The molecule has 0 N–H and O–H groups in total. The summed E-state index contributed by atoms with van der Waals surface area (Å²) in [6, 6.07) is 22.2. The first-order valence-electron chi connectivity index (χ1n) is 9.92. The highest BCUT2D eigenvalue weighted by Gasteiger charge is 2.26. The van der Waals surface area contributed by atoms with E-state index in [4.69, 9.17) is 9.72 Å². The Balaban J connectivity index is 1.96. The predicted molar refractivity (Wildman–Crippen MR) is 125 cm³/mol. The van der Waals surface area contributed by atoms with E-state index >= 15 is 0 Å². The number of hydrogen-bond acceptors (Lipinski definition) is 4. The Labute approximate surface area is 183 Å². The van der Waals surface area contributed by atoms with Crippen molar-refractivity contribution in [3.05, 3.63) is 83.9 Å². The smallest absolute Gasteiger partial charge is 0.265 e. The maximum Gasteiger partial charge on any atom is 0.265 e. The molecule has 0 atom stereocenters. The van der Waals surface area contributed by atoms with E-state index in [0.717, 1.165) is 38.9 Å². The lowest BCUT2D eigenvalue weighted by molar-refractivity contribution is 0.415. The summed E-state index contributed by atoms with van der Waals surface area (Å²) in [6.45, 7) is 3.93. The third-order valence-corrected chi connectivity index (χ3v) is 7.25. The lowest BCUT2D eigenvalue weighted by Gasteiger charge is -2.24. The molecule has 0 radical (unpaired) electrons. The monoisotopic (exact) mass is 432 g/mol. The molecule has 0 spiro atoms. The van der Waals surface area contributed by atoms with E-state index in [1.54, 1.807) is 38.4 Å². The van der Waals surface area contributed by atoms with Gasteiger partial charge in [-0.2, -0.15) is 0 Å². The van der Waals surface area contributed by atoms with Gasteiger partial charge in [-0.1, -0.05) is 48.0 Å². The van der Waals surface area contributed by atoms with E-state index < -0.39 is 10.0 Å². The maximum absolute atomic E-state index is 13.4. The number of methoxy groups -OCH3 is 1. The Morgan fingerprint density at radius 3 is 2.16 bits per heavy atom. The van der Waals surface area contributed by atoms with Gasteiger partial charge in [-0.05, 0) is 55.3 Å². The summed E-state index contributed by atoms with van der Waals surface area (Å²) in [7, 11) is -0.621. The van der Waals surface area contributed by atoms with Gasteiger partial charge in [-0.25, -0.2) is 13.4 Å². The Bertz CT molecular complexity index is 1350. The van der Waals surface area contributed by atoms with Crippen LogP contribution in [-0.4, -0.2) is 27.6 Å². The number of para-hydroxylation sites is 1. The quantitative estimate of drug-likeness (QED) is 0.426. The molecule has 6 heteroatoms. The van der Waals surface area contributed by atoms with Crippen LogP contribution in [0, 0.1) is 13.8 Å². The van der Waals surface area contributed by atoms with E-state index in [1.165, 1.54) is 4.31 Å². The summed E-state index contributed by atoms with van der Waals surface area (Å²) >= 11 is 0. The SMILES string of the molecule is COc1ccc(-c2c(N(C)S(=O)(=O)c3ccc(C)cc3)nc3ccccc3c2C)cc1. The standard InChI is InChI=1S/C25H24N2O3S/c1-17-9-15-21(16-10-17)31(28,29)27(3)25-24(19-11-13-20(30-4)14-12-19)18(2)22-7-5-6-8-23(22)26-25/h5-16H,1-4H3. The van der Waals surface area contributed by atoms with Crippen molar-refractivity contribution >= 4 is 26.7 Å². The van der Waals surface area contributed by atoms with Gasteiger partial charge in [0.05, 0.1) is 17.5 Å². The molecule has 0 unspecified atom stereocenters.